The molecule has 4 aromatic heterocycles. The molecule has 1 amide bonds. The Labute approximate surface area is 237 Å². The SMILES string of the molecule is CC(C)n1c2c(c3c(N)ncnc31)-c1cc3ccc(C(=O)Nc4ccn(CCN5CCOCC5)n4)cc3n1CCC2. The summed E-state index contributed by atoms with van der Waals surface area (Å²) in [5.41, 5.74) is 12.4. The highest BCUT2D eigenvalue weighted by Gasteiger charge is 2.28. The van der Waals surface area contributed by atoms with Crippen molar-refractivity contribution in [3.63, 3.8) is 0 Å². The molecule has 1 fully saturated rings. The van der Waals surface area contributed by atoms with E-state index in [-0.39, 0.29) is 11.9 Å². The van der Waals surface area contributed by atoms with Gasteiger partial charge >= 0.3 is 0 Å². The zero-order valence-corrected chi connectivity index (χ0v) is 23.5. The third-order valence-electron chi connectivity index (χ3n) is 8.28. The fourth-order valence-corrected chi connectivity index (χ4v) is 6.34. The van der Waals surface area contributed by atoms with Crippen LogP contribution in [-0.4, -0.2) is 72.5 Å². The van der Waals surface area contributed by atoms with Gasteiger partial charge in [-0.3, -0.25) is 14.4 Å². The second-order valence-corrected chi connectivity index (χ2v) is 11.2. The van der Waals surface area contributed by atoms with Gasteiger partial charge < -0.3 is 24.9 Å². The van der Waals surface area contributed by atoms with Crippen LogP contribution < -0.4 is 11.1 Å². The first-order chi connectivity index (χ1) is 20.0. The highest BCUT2D eigenvalue weighted by molar-refractivity contribution is 6.07. The first-order valence-corrected chi connectivity index (χ1v) is 14.4. The first kappa shape index (κ1) is 25.7. The van der Waals surface area contributed by atoms with Gasteiger partial charge in [-0.05, 0) is 44.9 Å². The average Bonchev–Trinajstić information content (AvgIpc) is 3.63. The molecule has 2 aliphatic heterocycles. The summed E-state index contributed by atoms with van der Waals surface area (Å²) in [5.74, 6) is 0.866. The number of benzene rings is 1. The molecule has 0 atom stereocenters. The number of nitrogens with two attached hydrogens (primary N) is 1. The van der Waals surface area contributed by atoms with E-state index >= 15 is 0 Å². The minimum absolute atomic E-state index is 0.177. The van der Waals surface area contributed by atoms with Gasteiger partial charge in [0.05, 0.1) is 30.8 Å². The lowest BCUT2D eigenvalue weighted by atomic mass is 10.1. The third-order valence-corrected chi connectivity index (χ3v) is 8.28. The summed E-state index contributed by atoms with van der Waals surface area (Å²) in [4.78, 5) is 24.6. The molecule has 3 N–H and O–H groups in total. The number of rotatable bonds is 6. The Balaban J connectivity index is 1.18. The molecule has 0 spiro atoms. The van der Waals surface area contributed by atoms with Gasteiger partial charge in [-0.25, -0.2) is 9.97 Å². The zero-order valence-electron chi connectivity index (χ0n) is 23.5. The van der Waals surface area contributed by atoms with Crippen molar-refractivity contribution < 1.29 is 9.53 Å². The highest BCUT2D eigenvalue weighted by Crippen LogP contribution is 2.42. The number of fused-ring (bicyclic) bond motifs is 7. The molecule has 41 heavy (non-hydrogen) atoms. The predicted octanol–water partition coefficient (Wildman–Crippen LogP) is 3.94. The van der Waals surface area contributed by atoms with E-state index in [1.54, 1.807) is 6.33 Å². The monoisotopic (exact) mass is 553 g/mol. The Bertz CT molecular complexity index is 1760. The van der Waals surface area contributed by atoms with Gasteiger partial charge in [0.15, 0.2) is 5.82 Å². The smallest absolute Gasteiger partial charge is 0.256 e. The Morgan fingerprint density at radius 1 is 1.10 bits per heavy atom. The number of nitrogens with one attached hydrogen (secondary N) is 1. The van der Waals surface area contributed by atoms with Crippen LogP contribution in [0, 0.1) is 0 Å². The molecular weight excluding hydrogens is 518 g/mol. The third kappa shape index (κ3) is 4.54. The summed E-state index contributed by atoms with van der Waals surface area (Å²) in [5, 5.41) is 9.54. The number of aromatic nitrogens is 6. The second kappa shape index (κ2) is 10.3. The maximum Gasteiger partial charge on any atom is 0.256 e. The molecule has 0 aliphatic carbocycles. The van der Waals surface area contributed by atoms with Gasteiger partial charge in [-0.15, -0.1) is 0 Å². The maximum absolute atomic E-state index is 13.3. The van der Waals surface area contributed by atoms with Crippen LogP contribution >= 0.6 is 0 Å². The molecule has 5 aromatic rings. The van der Waals surface area contributed by atoms with Crippen molar-refractivity contribution in [1.29, 1.82) is 0 Å². The van der Waals surface area contributed by atoms with E-state index in [9.17, 15) is 4.79 Å². The zero-order chi connectivity index (χ0) is 28.1. The Kier molecular flexibility index (Phi) is 6.47. The van der Waals surface area contributed by atoms with E-state index in [0.717, 1.165) is 92.0 Å². The highest BCUT2D eigenvalue weighted by atomic mass is 16.5. The lowest BCUT2D eigenvalue weighted by Gasteiger charge is -2.26. The average molecular weight is 554 g/mol. The molecule has 0 saturated carbocycles. The Morgan fingerprint density at radius 2 is 1.95 bits per heavy atom. The van der Waals surface area contributed by atoms with Crippen molar-refractivity contribution >= 4 is 39.5 Å². The van der Waals surface area contributed by atoms with Crippen LogP contribution in [0.3, 0.4) is 0 Å². The van der Waals surface area contributed by atoms with Crippen LogP contribution in [0.1, 0.15) is 42.4 Å². The van der Waals surface area contributed by atoms with Crippen molar-refractivity contribution in [2.75, 3.05) is 43.9 Å². The molecule has 11 heteroatoms. The summed E-state index contributed by atoms with van der Waals surface area (Å²) in [6.07, 6.45) is 5.34. The molecule has 0 bridgehead atoms. The number of aryl methyl sites for hydroxylation is 1. The number of hydrogen-bond acceptors (Lipinski definition) is 7. The van der Waals surface area contributed by atoms with Crippen LogP contribution in [0.4, 0.5) is 11.6 Å². The van der Waals surface area contributed by atoms with E-state index in [2.05, 4.69) is 54.3 Å². The van der Waals surface area contributed by atoms with E-state index in [1.165, 1.54) is 5.69 Å². The Morgan fingerprint density at radius 3 is 2.78 bits per heavy atom. The van der Waals surface area contributed by atoms with Gasteiger partial charge in [-0.2, -0.15) is 5.10 Å². The molecule has 212 valence electrons. The number of anilines is 2. The minimum atomic E-state index is -0.177. The summed E-state index contributed by atoms with van der Waals surface area (Å²) in [6, 6.07) is 10.2. The number of nitrogen functional groups attached to an aromatic ring is 1. The van der Waals surface area contributed by atoms with Gasteiger partial charge in [0, 0.05) is 72.2 Å². The van der Waals surface area contributed by atoms with Crippen molar-refractivity contribution in [3.8, 4) is 11.3 Å². The van der Waals surface area contributed by atoms with Crippen LogP contribution in [0.15, 0.2) is 42.9 Å². The largest absolute Gasteiger partial charge is 0.383 e. The lowest BCUT2D eigenvalue weighted by molar-refractivity contribution is 0.0360. The van der Waals surface area contributed by atoms with Gasteiger partial charge in [-0.1, -0.05) is 6.07 Å². The standard InChI is InChI=1S/C30H35N9O2/c1-19(2)39-22-4-3-8-38-23-17-21(6-5-20(23)16-24(38)26(22)27-28(31)32-18-33-29(27)39)30(40)34-25-7-9-37(35-25)11-10-36-12-14-41-15-13-36/h5-7,9,16-19H,3-4,8,10-15H2,1-2H3,(H2,31,32,33)(H,34,35,40). The van der Waals surface area contributed by atoms with E-state index in [4.69, 9.17) is 10.5 Å². The van der Waals surface area contributed by atoms with Crippen molar-refractivity contribution in [2.24, 2.45) is 0 Å². The molecule has 11 nitrogen and oxygen atoms in total. The summed E-state index contributed by atoms with van der Waals surface area (Å²) in [7, 11) is 0. The molecule has 0 unspecified atom stereocenters. The predicted molar refractivity (Wildman–Crippen MR) is 159 cm³/mol. The fraction of sp³-hybridized carbons (Fsp3) is 0.400. The summed E-state index contributed by atoms with van der Waals surface area (Å²) < 4.78 is 11.9. The molecule has 1 saturated heterocycles. The van der Waals surface area contributed by atoms with E-state index < -0.39 is 0 Å². The molecule has 7 rings (SSSR count). The second-order valence-electron chi connectivity index (χ2n) is 11.2. The molecule has 0 radical (unpaired) electrons. The van der Waals surface area contributed by atoms with Crippen LogP contribution in [0.25, 0.3) is 33.2 Å². The van der Waals surface area contributed by atoms with Crippen LogP contribution in [0.2, 0.25) is 0 Å². The topological polar surface area (TPSA) is 121 Å². The van der Waals surface area contributed by atoms with Crippen LogP contribution in [0.5, 0.6) is 0 Å². The van der Waals surface area contributed by atoms with E-state index in [1.807, 2.05) is 35.1 Å². The molecular formula is C30H35N9O2. The molecule has 1 aromatic carbocycles. The number of amides is 1. The summed E-state index contributed by atoms with van der Waals surface area (Å²) >= 11 is 0. The number of hydrogen-bond donors (Lipinski definition) is 2. The van der Waals surface area contributed by atoms with Crippen LogP contribution in [-0.2, 0) is 24.2 Å². The number of ether oxygens (including phenoxy) is 1. The lowest BCUT2D eigenvalue weighted by Crippen LogP contribution is -2.38. The number of carbonyl (C=O) groups is 1. The molecule has 6 heterocycles. The van der Waals surface area contributed by atoms with Crippen molar-refractivity contribution in [2.45, 2.75) is 45.8 Å². The van der Waals surface area contributed by atoms with Gasteiger partial charge in [0.25, 0.3) is 5.91 Å². The number of carbonyl (C=O) groups excluding carboxylic acids is 1. The van der Waals surface area contributed by atoms with Crippen molar-refractivity contribution in [1.82, 2.24) is 33.8 Å². The summed E-state index contributed by atoms with van der Waals surface area (Å²) in [6.45, 7) is 10.3. The maximum atomic E-state index is 13.3. The number of nitrogens with zero attached hydrogens (tertiary/aromatic N) is 7. The molecule has 2 aliphatic rings. The number of morpholine rings is 1. The van der Waals surface area contributed by atoms with Gasteiger partial charge in [0.1, 0.15) is 17.8 Å². The first-order valence-electron chi connectivity index (χ1n) is 14.4. The minimum Gasteiger partial charge on any atom is -0.383 e. The van der Waals surface area contributed by atoms with Gasteiger partial charge in [0.2, 0.25) is 0 Å². The Hall–Kier alpha value is -4.22. The van der Waals surface area contributed by atoms with E-state index in [0.29, 0.717) is 17.2 Å². The quantitative estimate of drug-likeness (QED) is 0.327. The fourth-order valence-electron chi connectivity index (χ4n) is 6.34. The van der Waals surface area contributed by atoms with Crippen molar-refractivity contribution in [3.05, 3.63) is 54.1 Å². The normalized spacial score (nSPS) is 15.8.